The quantitative estimate of drug-likeness (QED) is 0.663. The molecule has 2 aromatic carbocycles. The van der Waals surface area contributed by atoms with Gasteiger partial charge in [-0.05, 0) is 55.4 Å². The second kappa shape index (κ2) is 7.61. The molecule has 2 aromatic rings. The average molecular weight is 326 g/mol. The van der Waals surface area contributed by atoms with E-state index < -0.39 is 5.82 Å². The summed E-state index contributed by atoms with van der Waals surface area (Å²) in [6, 6.07) is 12.3. The molecule has 0 N–H and O–H groups in total. The molecule has 1 aliphatic carbocycles. The third-order valence-electron chi connectivity index (χ3n) is 4.99. The standard InChI is InChI=1S/C21H23FO2/c1-2-15-6-10-18(11-7-15)24-19-12-8-16(9-13-19)20-5-3-4-17(14-23)21(20)22/h3-5,8-9,12-15,18H,2,6-7,10-11H2,1H3/t15-,18+. The predicted molar refractivity (Wildman–Crippen MR) is 93.9 cm³/mol. The maximum absolute atomic E-state index is 14.2. The van der Waals surface area contributed by atoms with Gasteiger partial charge in [0.15, 0.2) is 6.29 Å². The maximum Gasteiger partial charge on any atom is 0.153 e. The molecule has 3 heteroatoms. The average Bonchev–Trinajstić information content (AvgIpc) is 2.63. The smallest absolute Gasteiger partial charge is 0.153 e. The normalized spacial score (nSPS) is 20.6. The molecule has 2 nitrogen and oxygen atoms in total. The minimum atomic E-state index is -0.473. The van der Waals surface area contributed by atoms with Crippen LogP contribution in [0.25, 0.3) is 11.1 Å². The molecular formula is C21H23FO2. The van der Waals surface area contributed by atoms with Gasteiger partial charge in [-0.15, -0.1) is 0 Å². The van der Waals surface area contributed by atoms with Crippen LogP contribution in [0, 0.1) is 11.7 Å². The summed E-state index contributed by atoms with van der Waals surface area (Å²) in [6.45, 7) is 2.25. The monoisotopic (exact) mass is 326 g/mol. The second-order valence-electron chi connectivity index (χ2n) is 6.52. The highest BCUT2D eigenvalue weighted by Crippen LogP contribution is 2.31. The molecule has 0 radical (unpaired) electrons. The molecule has 0 bridgehead atoms. The van der Waals surface area contributed by atoms with Crippen LogP contribution in [0.15, 0.2) is 42.5 Å². The van der Waals surface area contributed by atoms with E-state index in [1.807, 2.05) is 24.3 Å². The number of hydrogen-bond acceptors (Lipinski definition) is 2. The Labute approximate surface area is 142 Å². The van der Waals surface area contributed by atoms with Gasteiger partial charge in [0, 0.05) is 5.56 Å². The highest BCUT2D eigenvalue weighted by molar-refractivity contribution is 5.79. The predicted octanol–water partition coefficient (Wildman–Crippen LogP) is 5.65. The van der Waals surface area contributed by atoms with E-state index in [4.69, 9.17) is 4.74 Å². The van der Waals surface area contributed by atoms with E-state index in [-0.39, 0.29) is 11.7 Å². The van der Waals surface area contributed by atoms with Crippen molar-refractivity contribution in [2.24, 2.45) is 5.92 Å². The van der Waals surface area contributed by atoms with Crippen molar-refractivity contribution in [1.82, 2.24) is 0 Å². The fraction of sp³-hybridized carbons (Fsp3) is 0.381. The fourth-order valence-electron chi connectivity index (χ4n) is 3.43. The Morgan fingerprint density at radius 2 is 1.79 bits per heavy atom. The van der Waals surface area contributed by atoms with Crippen LogP contribution in [0.5, 0.6) is 5.75 Å². The van der Waals surface area contributed by atoms with Gasteiger partial charge in [0.05, 0.1) is 11.7 Å². The SMILES string of the molecule is CC[C@H]1CC[C@@H](Oc2ccc(-c3cccc(C=O)c3F)cc2)CC1. The van der Waals surface area contributed by atoms with E-state index >= 15 is 0 Å². The third kappa shape index (κ3) is 3.66. The molecular weight excluding hydrogens is 303 g/mol. The van der Waals surface area contributed by atoms with Crippen LogP contribution in [0.3, 0.4) is 0 Å². The molecule has 0 aromatic heterocycles. The maximum atomic E-state index is 14.2. The minimum Gasteiger partial charge on any atom is -0.490 e. The Morgan fingerprint density at radius 1 is 1.08 bits per heavy atom. The van der Waals surface area contributed by atoms with Gasteiger partial charge in [0.25, 0.3) is 0 Å². The summed E-state index contributed by atoms with van der Waals surface area (Å²) in [5, 5.41) is 0. The van der Waals surface area contributed by atoms with E-state index in [0.717, 1.165) is 30.1 Å². The molecule has 3 rings (SSSR count). The second-order valence-corrected chi connectivity index (χ2v) is 6.52. The number of carbonyl (C=O) groups excluding carboxylic acids is 1. The highest BCUT2D eigenvalue weighted by atomic mass is 19.1. The van der Waals surface area contributed by atoms with Crippen molar-refractivity contribution in [2.75, 3.05) is 0 Å². The van der Waals surface area contributed by atoms with Crippen LogP contribution in [0.1, 0.15) is 49.4 Å². The molecule has 0 aliphatic heterocycles. The Morgan fingerprint density at radius 3 is 2.42 bits per heavy atom. The van der Waals surface area contributed by atoms with Gasteiger partial charge in [-0.2, -0.15) is 0 Å². The van der Waals surface area contributed by atoms with E-state index in [9.17, 15) is 9.18 Å². The first-order valence-electron chi connectivity index (χ1n) is 8.72. The minimum absolute atomic E-state index is 0.0838. The lowest BCUT2D eigenvalue weighted by atomic mass is 9.86. The van der Waals surface area contributed by atoms with Crippen molar-refractivity contribution < 1.29 is 13.9 Å². The Balaban J connectivity index is 1.69. The van der Waals surface area contributed by atoms with Crippen LogP contribution in [0.4, 0.5) is 4.39 Å². The molecule has 1 aliphatic rings. The molecule has 126 valence electrons. The van der Waals surface area contributed by atoms with Gasteiger partial charge in [-0.3, -0.25) is 4.79 Å². The van der Waals surface area contributed by atoms with Crippen molar-refractivity contribution in [3.63, 3.8) is 0 Å². The number of halogens is 1. The molecule has 24 heavy (non-hydrogen) atoms. The molecule has 0 atom stereocenters. The lowest BCUT2D eigenvalue weighted by Gasteiger charge is -2.28. The fourth-order valence-corrected chi connectivity index (χ4v) is 3.43. The zero-order chi connectivity index (χ0) is 16.9. The number of benzene rings is 2. The molecule has 0 unspecified atom stereocenters. The van der Waals surface area contributed by atoms with E-state index in [0.29, 0.717) is 11.8 Å². The van der Waals surface area contributed by atoms with E-state index in [1.165, 1.54) is 25.3 Å². The van der Waals surface area contributed by atoms with Crippen LogP contribution in [-0.2, 0) is 0 Å². The first-order valence-corrected chi connectivity index (χ1v) is 8.72. The van der Waals surface area contributed by atoms with Crippen LogP contribution in [-0.4, -0.2) is 12.4 Å². The molecule has 1 saturated carbocycles. The van der Waals surface area contributed by atoms with Gasteiger partial charge in [0.1, 0.15) is 11.6 Å². The summed E-state index contributed by atoms with van der Waals surface area (Å²) in [7, 11) is 0. The van der Waals surface area contributed by atoms with Crippen molar-refractivity contribution in [1.29, 1.82) is 0 Å². The number of aldehydes is 1. The van der Waals surface area contributed by atoms with Crippen molar-refractivity contribution in [2.45, 2.75) is 45.1 Å². The van der Waals surface area contributed by atoms with Crippen LogP contribution < -0.4 is 4.74 Å². The van der Waals surface area contributed by atoms with Gasteiger partial charge >= 0.3 is 0 Å². The largest absolute Gasteiger partial charge is 0.490 e. The van der Waals surface area contributed by atoms with Crippen molar-refractivity contribution in [3.05, 3.63) is 53.8 Å². The third-order valence-corrected chi connectivity index (χ3v) is 4.99. The van der Waals surface area contributed by atoms with Gasteiger partial charge in [-0.1, -0.05) is 37.6 Å². The van der Waals surface area contributed by atoms with E-state index in [1.54, 1.807) is 12.1 Å². The first-order chi connectivity index (χ1) is 11.7. The first kappa shape index (κ1) is 16.7. The molecule has 0 heterocycles. The van der Waals surface area contributed by atoms with E-state index in [2.05, 4.69) is 6.92 Å². The Bertz CT molecular complexity index is 685. The number of hydrogen-bond donors (Lipinski definition) is 0. The topological polar surface area (TPSA) is 26.3 Å². The van der Waals surface area contributed by atoms with Crippen molar-refractivity contribution in [3.8, 4) is 16.9 Å². The summed E-state index contributed by atoms with van der Waals surface area (Å²) in [5.74, 6) is 1.20. The van der Waals surface area contributed by atoms with Crippen molar-refractivity contribution >= 4 is 6.29 Å². The Hall–Kier alpha value is -2.16. The summed E-state index contributed by atoms with van der Waals surface area (Å²) >= 11 is 0. The number of rotatable bonds is 5. The molecule has 1 fully saturated rings. The van der Waals surface area contributed by atoms with Crippen LogP contribution >= 0.6 is 0 Å². The van der Waals surface area contributed by atoms with Gasteiger partial charge < -0.3 is 4.74 Å². The van der Waals surface area contributed by atoms with Gasteiger partial charge in [0.2, 0.25) is 0 Å². The zero-order valence-electron chi connectivity index (χ0n) is 14.0. The summed E-state index contributed by atoms with van der Waals surface area (Å²) in [6.07, 6.45) is 6.78. The number of carbonyl (C=O) groups is 1. The van der Waals surface area contributed by atoms with Gasteiger partial charge in [-0.25, -0.2) is 4.39 Å². The Kier molecular flexibility index (Phi) is 5.29. The van der Waals surface area contributed by atoms with Crippen LogP contribution in [0.2, 0.25) is 0 Å². The lowest BCUT2D eigenvalue weighted by molar-refractivity contribution is 0.112. The summed E-state index contributed by atoms with van der Waals surface area (Å²) in [4.78, 5) is 10.9. The molecule has 0 spiro atoms. The molecule has 0 amide bonds. The highest BCUT2D eigenvalue weighted by Gasteiger charge is 2.21. The lowest BCUT2D eigenvalue weighted by Crippen LogP contribution is -2.23. The summed E-state index contributed by atoms with van der Waals surface area (Å²) < 4.78 is 20.3. The number of ether oxygens (including phenoxy) is 1. The zero-order valence-corrected chi connectivity index (χ0v) is 14.0. The molecule has 0 saturated heterocycles. The summed E-state index contributed by atoms with van der Waals surface area (Å²) in [5.41, 5.74) is 1.27.